The van der Waals surface area contributed by atoms with Gasteiger partial charge in [0.2, 0.25) is 0 Å². The molecular formula is C18H20ClN7O3. The van der Waals surface area contributed by atoms with Gasteiger partial charge in [-0.2, -0.15) is 9.61 Å². The normalized spacial score (nSPS) is 16.7. The number of nitrogens with two attached hydrogens (primary N) is 1. The maximum atomic E-state index is 13.0. The molecule has 1 aliphatic rings. The molecule has 3 aromatic heterocycles. The van der Waals surface area contributed by atoms with Crippen LogP contribution in [0.1, 0.15) is 29.2 Å². The van der Waals surface area contributed by atoms with Crippen molar-refractivity contribution >= 4 is 40.5 Å². The van der Waals surface area contributed by atoms with E-state index in [1.807, 2.05) is 0 Å². The maximum Gasteiger partial charge on any atom is 0.274 e. The Morgan fingerprint density at radius 1 is 1.41 bits per heavy atom. The molecule has 0 spiro atoms. The Morgan fingerprint density at radius 2 is 2.24 bits per heavy atom. The highest BCUT2D eigenvalue weighted by molar-refractivity contribution is 6.30. The summed E-state index contributed by atoms with van der Waals surface area (Å²) in [6.45, 7) is 1.16. The minimum absolute atomic E-state index is 0.0740. The molecule has 11 heteroatoms. The molecule has 3 aromatic rings. The summed E-state index contributed by atoms with van der Waals surface area (Å²) < 4.78 is 8.55. The van der Waals surface area contributed by atoms with Crippen LogP contribution in [0.5, 0.6) is 0 Å². The minimum Gasteiger partial charge on any atom is -0.379 e. The van der Waals surface area contributed by atoms with Crippen molar-refractivity contribution in [2.45, 2.75) is 18.9 Å². The molecule has 4 heterocycles. The van der Waals surface area contributed by atoms with Gasteiger partial charge < -0.3 is 25.7 Å². The molecule has 1 fully saturated rings. The molecule has 1 atom stereocenters. The van der Waals surface area contributed by atoms with Crippen LogP contribution in [-0.4, -0.2) is 45.3 Å². The Labute approximate surface area is 170 Å². The number of fused-ring (bicyclic) bond motifs is 1. The number of hydrogen-bond acceptors (Lipinski definition) is 7. The lowest BCUT2D eigenvalue weighted by molar-refractivity contribution is 0.0581. The Morgan fingerprint density at radius 3 is 2.93 bits per heavy atom. The van der Waals surface area contributed by atoms with E-state index in [0.29, 0.717) is 29.9 Å². The number of hydrogen-bond donors (Lipinski definition) is 3. The SMILES string of the molecule is CNc1cc(Nc2cc(Cl)cn(C3CCCOC3)c2=O)nc2c(C(N)=O)cnn12. The third-order valence-corrected chi connectivity index (χ3v) is 5.00. The molecule has 4 N–H and O–H groups in total. The number of amides is 1. The standard InChI is InChI=1S/C18H20ClN7O3/c1-21-15-6-14(24-17-12(16(20)27)7-22-26(15)17)23-13-5-10(19)8-25(18(13)28)11-3-2-4-29-9-11/h5-8,11,21H,2-4,9H2,1H3,(H2,20,27)(H,23,24). The van der Waals surface area contributed by atoms with Gasteiger partial charge in [-0.1, -0.05) is 11.6 Å². The highest BCUT2D eigenvalue weighted by Crippen LogP contribution is 2.24. The number of rotatable bonds is 5. The van der Waals surface area contributed by atoms with Crippen molar-refractivity contribution in [2.75, 3.05) is 30.9 Å². The van der Waals surface area contributed by atoms with Crippen molar-refractivity contribution in [3.63, 3.8) is 0 Å². The summed E-state index contributed by atoms with van der Waals surface area (Å²) in [5.41, 5.74) is 5.89. The first-order valence-electron chi connectivity index (χ1n) is 9.10. The third-order valence-electron chi connectivity index (χ3n) is 4.80. The number of pyridine rings is 1. The summed E-state index contributed by atoms with van der Waals surface area (Å²) in [6.07, 6.45) is 4.69. The van der Waals surface area contributed by atoms with E-state index in [4.69, 9.17) is 22.1 Å². The second-order valence-electron chi connectivity index (χ2n) is 6.71. The van der Waals surface area contributed by atoms with Crippen molar-refractivity contribution in [3.05, 3.63) is 45.5 Å². The van der Waals surface area contributed by atoms with Crippen molar-refractivity contribution in [3.8, 4) is 0 Å². The molecule has 29 heavy (non-hydrogen) atoms. The van der Waals surface area contributed by atoms with E-state index in [1.54, 1.807) is 29.9 Å². The summed E-state index contributed by atoms with van der Waals surface area (Å²) in [4.78, 5) is 29.1. The van der Waals surface area contributed by atoms with E-state index >= 15 is 0 Å². The topological polar surface area (TPSA) is 129 Å². The van der Waals surface area contributed by atoms with Gasteiger partial charge in [0.1, 0.15) is 22.9 Å². The van der Waals surface area contributed by atoms with Gasteiger partial charge in [-0.3, -0.25) is 9.59 Å². The predicted molar refractivity (Wildman–Crippen MR) is 109 cm³/mol. The lowest BCUT2D eigenvalue weighted by atomic mass is 10.1. The molecule has 152 valence electrons. The van der Waals surface area contributed by atoms with E-state index < -0.39 is 5.91 Å². The second-order valence-corrected chi connectivity index (χ2v) is 7.15. The number of nitrogens with zero attached hydrogens (tertiary/aromatic N) is 4. The average molecular weight is 418 g/mol. The summed E-state index contributed by atoms with van der Waals surface area (Å²) in [6, 6.07) is 3.13. The fourth-order valence-corrected chi connectivity index (χ4v) is 3.60. The largest absolute Gasteiger partial charge is 0.379 e. The molecule has 0 bridgehead atoms. The van der Waals surface area contributed by atoms with Gasteiger partial charge in [0.15, 0.2) is 5.65 Å². The summed E-state index contributed by atoms with van der Waals surface area (Å²) in [7, 11) is 1.71. The average Bonchev–Trinajstić information content (AvgIpc) is 3.15. The fraction of sp³-hybridized carbons (Fsp3) is 0.333. The first-order chi connectivity index (χ1) is 14.0. The van der Waals surface area contributed by atoms with Crippen LogP contribution >= 0.6 is 11.6 Å². The number of anilines is 3. The Balaban J connectivity index is 1.76. The zero-order chi connectivity index (χ0) is 20.5. The van der Waals surface area contributed by atoms with Gasteiger partial charge in [0.25, 0.3) is 11.5 Å². The van der Waals surface area contributed by atoms with Crippen molar-refractivity contribution < 1.29 is 9.53 Å². The number of nitrogens with one attached hydrogen (secondary N) is 2. The second kappa shape index (κ2) is 7.72. The summed E-state index contributed by atoms with van der Waals surface area (Å²) in [5, 5.41) is 10.5. The molecule has 1 aliphatic heterocycles. The zero-order valence-corrected chi connectivity index (χ0v) is 16.4. The van der Waals surface area contributed by atoms with Crippen LogP contribution in [0.3, 0.4) is 0 Å². The number of primary amides is 1. The van der Waals surface area contributed by atoms with E-state index in [-0.39, 0.29) is 28.5 Å². The van der Waals surface area contributed by atoms with Gasteiger partial charge in [-0.25, -0.2) is 4.98 Å². The molecule has 10 nitrogen and oxygen atoms in total. The predicted octanol–water partition coefficient (Wildman–Crippen LogP) is 1.78. The highest BCUT2D eigenvalue weighted by atomic mass is 35.5. The zero-order valence-electron chi connectivity index (χ0n) is 15.7. The Bertz CT molecular complexity index is 1130. The maximum absolute atomic E-state index is 13.0. The first kappa shape index (κ1) is 19.2. The quantitative estimate of drug-likeness (QED) is 0.577. The van der Waals surface area contributed by atoms with Crippen LogP contribution in [-0.2, 0) is 4.74 Å². The van der Waals surface area contributed by atoms with Crippen LogP contribution in [0.2, 0.25) is 5.02 Å². The molecular weight excluding hydrogens is 398 g/mol. The minimum atomic E-state index is -0.644. The number of carbonyl (C=O) groups excluding carboxylic acids is 1. The number of halogens is 1. The van der Waals surface area contributed by atoms with E-state index in [2.05, 4.69) is 20.7 Å². The highest BCUT2D eigenvalue weighted by Gasteiger charge is 2.20. The molecule has 0 saturated carbocycles. The van der Waals surface area contributed by atoms with Crippen LogP contribution in [0.25, 0.3) is 5.65 Å². The number of aromatic nitrogens is 4. The van der Waals surface area contributed by atoms with Gasteiger partial charge in [0.05, 0.1) is 23.9 Å². The van der Waals surface area contributed by atoms with Crippen LogP contribution in [0.15, 0.2) is 29.3 Å². The third kappa shape index (κ3) is 3.64. The van der Waals surface area contributed by atoms with Gasteiger partial charge in [0, 0.05) is 25.9 Å². The number of ether oxygens (including phenoxy) is 1. The van der Waals surface area contributed by atoms with Gasteiger partial charge >= 0.3 is 0 Å². The van der Waals surface area contributed by atoms with E-state index in [0.717, 1.165) is 12.8 Å². The Kier molecular flexibility index (Phi) is 5.12. The van der Waals surface area contributed by atoms with E-state index in [9.17, 15) is 9.59 Å². The molecule has 0 aliphatic carbocycles. The van der Waals surface area contributed by atoms with Crippen LogP contribution < -0.4 is 21.9 Å². The van der Waals surface area contributed by atoms with E-state index in [1.165, 1.54) is 10.7 Å². The van der Waals surface area contributed by atoms with Crippen molar-refractivity contribution in [1.82, 2.24) is 19.2 Å². The monoisotopic (exact) mass is 417 g/mol. The van der Waals surface area contributed by atoms with Crippen LogP contribution in [0.4, 0.5) is 17.3 Å². The molecule has 1 amide bonds. The smallest absolute Gasteiger partial charge is 0.274 e. The molecule has 0 radical (unpaired) electrons. The summed E-state index contributed by atoms with van der Waals surface area (Å²) in [5.74, 6) is 0.262. The van der Waals surface area contributed by atoms with Crippen LogP contribution in [0, 0.1) is 0 Å². The summed E-state index contributed by atoms with van der Waals surface area (Å²) >= 11 is 6.26. The fourth-order valence-electron chi connectivity index (χ4n) is 3.39. The molecule has 4 rings (SSSR count). The molecule has 1 unspecified atom stereocenters. The lowest BCUT2D eigenvalue weighted by Crippen LogP contribution is -2.31. The lowest BCUT2D eigenvalue weighted by Gasteiger charge is -2.25. The van der Waals surface area contributed by atoms with Gasteiger partial charge in [-0.05, 0) is 18.9 Å². The van der Waals surface area contributed by atoms with Crippen molar-refractivity contribution in [1.29, 1.82) is 0 Å². The first-order valence-corrected chi connectivity index (χ1v) is 9.48. The molecule has 0 aromatic carbocycles. The van der Waals surface area contributed by atoms with Gasteiger partial charge in [-0.15, -0.1) is 0 Å². The van der Waals surface area contributed by atoms with Crippen molar-refractivity contribution in [2.24, 2.45) is 5.73 Å². The number of carbonyl (C=O) groups is 1. The molecule has 1 saturated heterocycles. The Hall–Kier alpha value is -3.11.